The molecule has 0 spiro atoms. The van der Waals surface area contributed by atoms with Gasteiger partial charge in [-0.25, -0.2) is 0 Å². The van der Waals surface area contributed by atoms with Crippen molar-refractivity contribution in [3.05, 3.63) is 30.3 Å². The molecule has 1 saturated carbocycles. The zero-order chi connectivity index (χ0) is 18.0. The summed E-state index contributed by atoms with van der Waals surface area (Å²) < 4.78 is 29.2. The molecule has 1 unspecified atom stereocenters. The van der Waals surface area contributed by atoms with E-state index in [0.29, 0.717) is 13.2 Å². The Kier molecular flexibility index (Phi) is 9.10. The summed E-state index contributed by atoms with van der Waals surface area (Å²) in [5, 5.41) is 0. The van der Waals surface area contributed by atoms with E-state index in [0.717, 1.165) is 24.2 Å². The maximum absolute atomic E-state index is 13.2. The molecule has 0 saturated heterocycles. The average Bonchev–Trinajstić information content (AvgIpc) is 3.35. The quantitative estimate of drug-likeness (QED) is 0.363. The predicted octanol–water partition coefficient (Wildman–Crippen LogP) is 4.30. The SMILES string of the molecule is CCCCCCC[C@@]1(S(=O)c2ccccc2)C[C@H]1OCOCCOC. The van der Waals surface area contributed by atoms with Gasteiger partial charge in [0.2, 0.25) is 0 Å². The fraction of sp³-hybridized carbons (Fsp3) is 0.700. The third kappa shape index (κ3) is 6.17. The van der Waals surface area contributed by atoms with Crippen molar-refractivity contribution in [2.45, 2.75) is 67.6 Å². The van der Waals surface area contributed by atoms with Crippen molar-refractivity contribution >= 4 is 10.8 Å². The molecule has 1 aromatic rings. The lowest BCUT2D eigenvalue weighted by Gasteiger charge is -2.17. The molecule has 0 aliphatic heterocycles. The van der Waals surface area contributed by atoms with E-state index in [1.165, 1.54) is 25.7 Å². The minimum Gasteiger partial charge on any atom is -0.382 e. The number of methoxy groups -OCH3 is 1. The molecule has 0 heterocycles. The first-order valence-electron chi connectivity index (χ1n) is 9.40. The first-order valence-corrected chi connectivity index (χ1v) is 10.5. The van der Waals surface area contributed by atoms with Crippen molar-refractivity contribution in [3.8, 4) is 0 Å². The summed E-state index contributed by atoms with van der Waals surface area (Å²) in [4.78, 5) is 0.905. The van der Waals surface area contributed by atoms with Gasteiger partial charge in [0.1, 0.15) is 6.79 Å². The summed E-state index contributed by atoms with van der Waals surface area (Å²) in [6.07, 6.45) is 7.95. The molecule has 142 valence electrons. The van der Waals surface area contributed by atoms with Crippen LogP contribution in [0.4, 0.5) is 0 Å². The second-order valence-electron chi connectivity index (χ2n) is 6.69. The molecule has 0 amide bonds. The van der Waals surface area contributed by atoms with Crippen molar-refractivity contribution in [1.82, 2.24) is 0 Å². The highest BCUT2D eigenvalue weighted by Crippen LogP contribution is 2.50. The second kappa shape index (κ2) is 11.1. The maximum atomic E-state index is 13.2. The van der Waals surface area contributed by atoms with Crippen LogP contribution in [0.3, 0.4) is 0 Å². The van der Waals surface area contributed by atoms with Gasteiger partial charge in [-0.05, 0) is 25.0 Å². The predicted molar refractivity (Wildman–Crippen MR) is 101 cm³/mol. The fourth-order valence-electron chi connectivity index (χ4n) is 3.15. The van der Waals surface area contributed by atoms with Gasteiger partial charge in [-0.1, -0.05) is 57.2 Å². The molecule has 3 atom stereocenters. The third-order valence-corrected chi connectivity index (χ3v) is 6.84. The van der Waals surface area contributed by atoms with E-state index in [2.05, 4.69) is 6.92 Å². The van der Waals surface area contributed by atoms with Crippen LogP contribution in [-0.4, -0.2) is 42.2 Å². The summed E-state index contributed by atoms with van der Waals surface area (Å²) in [6, 6.07) is 9.78. The monoisotopic (exact) mass is 368 g/mol. The lowest BCUT2D eigenvalue weighted by atomic mass is 10.1. The number of ether oxygens (including phenoxy) is 3. The van der Waals surface area contributed by atoms with Crippen LogP contribution in [0.1, 0.15) is 51.9 Å². The highest BCUT2D eigenvalue weighted by molar-refractivity contribution is 7.87. The van der Waals surface area contributed by atoms with Crippen molar-refractivity contribution < 1.29 is 18.4 Å². The molecule has 4 nitrogen and oxygen atoms in total. The second-order valence-corrected chi connectivity index (χ2v) is 8.51. The van der Waals surface area contributed by atoms with E-state index in [1.807, 2.05) is 30.3 Å². The van der Waals surface area contributed by atoms with E-state index >= 15 is 0 Å². The Morgan fingerprint density at radius 1 is 1.12 bits per heavy atom. The molecule has 2 rings (SSSR count). The Morgan fingerprint density at radius 2 is 1.88 bits per heavy atom. The number of rotatable bonds is 14. The molecule has 0 radical (unpaired) electrons. The summed E-state index contributed by atoms with van der Waals surface area (Å²) in [7, 11) is 0.617. The van der Waals surface area contributed by atoms with Gasteiger partial charge in [0.05, 0.1) is 34.9 Å². The third-order valence-electron chi connectivity index (χ3n) is 4.77. The molecule has 1 aliphatic carbocycles. The summed E-state index contributed by atoms with van der Waals surface area (Å²) in [5.74, 6) is 0. The van der Waals surface area contributed by atoms with Crippen molar-refractivity contribution in [3.63, 3.8) is 0 Å². The van der Waals surface area contributed by atoms with Crippen LogP contribution in [0, 0.1) is 0 Å². The molecule has 25 heavy (non-hydrogen) atoms. The lowest BCUT2D eigenvalue weighted by Crippen LogP contribution is -2.24. The standard InChI is InChI=1S/C20H32O4S/c1-3-4-5-6-10-13-20(25(21)18-11-8-7-9-12-18)16-19(20)24-17-23-15-14-22-2/h7-9,11-12,19H,3-6,10,13-17H2,1-2H3/t19-,20-,25?/m1/s1. The van der Waals surface area contributed by atoms with Gasteiger partial charge in [0.15, 0.2) is 0 Å². The van der Waals surface area contributed by atoms with E-state index in [4.69, 9.17) is 14.2 Å². The van der Waals surface area contributed by atoms with Gasteiger partial charge in [0, 0.05) is 12.0 Å². The van der Waals surface area contributed by atoms with Crippen LogP contribution in [-0.2, 0) is 25.0 Å². The molecule has 1 aliphatic rings. The van der Waals surface area contributed by atoms with Crippen LogP contribution in [0.5, 0.6) is 0 Å². The van der Waals surface area contributed by atoms with Crippen LogP contribution in [0.2, 0.25) is 0 Å². The van der Waals surface area contributed by atoms with Crippen LogP contribution in [0.25, 0.3) is 0 Å². The minimum atomic E-state index is -1.03. The lowest BCUT2D eigenvalue weighted by molar-refractivity contribution is -0.0748. The molecule has 1 aromatic carbocycles. The Balaban J connectivity index is 1.88. The number of hydrogen-bond donors (Lipinski definition) is 0. The largest absolute Gasteiger partial charge is 0.382 e. The van der Waals surface area contributed by atoms with E-state index < -0.39 is 10.8 Å². The maximum Gasteiger partial charge on any atom is 0.147 e. The van der Waals surface area contributed by atoms with Gasteiger partial charge in [0.25, 0.3) is 0 Å². The number of hydrogen-bond acceptors (Lipinski definition) is 4. The van der Waals surface area contributed by atoms with E-state index in [-0.39, 0.29) is 17.6 Å². The Hall–Kier alpha value is -0.750. The fourth-order valence-corrected chi connectivity index (χ4v) is 4.97. The van der Waals surface area contributed by atoms with E-state index in [9.17, 15) is 4.21 Å². The highest BCUT2D eigenvalue weighted by Gasteiger charge is 2.59. The first-order chi connectivity index (χ1) is 12.2. The van der Waals surface area contributed by atoms with Crippen LogP contribution < -0.4 is 0 Å². The van der Waals surface area contributed by atoms with Gasteiger partial charge >= 0.3 is 0 Å². The smallest absolute Gasteiger partial charge is 0.147 e. The van der Waals surface area contributed by atoms with Crippen LogP contribution >= 0.6 is 0 Å². The van der Waals surface area contributed by atoms with Gasteiger partial charge in [-0.3, -0.25) is 4.21 Å². The minimum absolute atomic E-state index is 0.0299. The Labute approximate surface area is 154 Å². The van der Waals surface area contributed by atoms with Crippen LogP contribution in [0.15, 0.2) is 35.2 Å². The van der Waals surface area contributed by atoms with Gasteiger partial charge in [-0.15, -0.1) is 0 Å². The Bertz CT molecular complexity index is 508. The number of benzene rings is 1. The van der Waals surface area contributed by atoms with E-state index in [1.54, 1.807) is 7.11 Å². The van der Waals surface area contributed by atoms with Crippen molar-refractivity contribution in [1.29, 1.82) is 0 Å². The zero-order valence-corrected chi connectivity index (χ0v) is 16.4. The van der Waals surface area contributed by atoms with Gasteiger partial charge < -0.3 is 14.2 Å². The van der Waals surface area contributed by atoms with Gasteiger partial charge in [-0.2, -0.15) is 0 Å². The summed E-state index contributed by atoms with van der Waals surface area (Å²) >= 11 is 0. The molecule has 1 fully saturated rings. The topological polar surface area (TPSA) is 44.8 Å². The average molecular weight is 369 g/mol. The van der Waals surface area contributed by atoms with Crippen molar-refractivity contribution in [2.75, 3.05) is 27.1 Å². The molecular weight excluding hydrogens is 336 g/mol. The molecule has 0 N–H and O–H groups in total. The Morgan fingerprint density at radius 3 is 2.60 bits per heavy atom. The van der Waals surface area contributed by atoms with Crippen molar-refractivity contribution in [2.24, 2.45) is 0 Å². The molecule has 5 heteroatoms. The zero-order valence-electron chi connectivity index (χ0n) is 15.6. The summed E-state index contributed by atoms with van der Waals surface area (Å²) in [5.41, 5.74) is 0. The molecular formula is C20H32O4S. The molecule has 0 bridgehead atoms. The highest BCUT2D eigenvalue weighted by atomic mass is 32.2. The molecule has 0 aromatic heterocycles. The first kappa shape index (κ1) is 20.6. The summed E-state index contributed by atoms with van der Waals surface area (Å²) in [6.45, 7) is 3.56. The number of unbranched alkanes of at least 4 members (excludes halogenated alkanes) is 4. The normalized spacial score (nSPS) is 23.5.